The molecule has 1 heterocycles. The van der Waals surface area contributed by atoms with Crippen LogP contribution in [0, 0.1) is 0 Å². The average molecular weight is 217 g/mol. The van der Waals surface area contributed by atoms with E-state index in [0.717, 1.165) is 24.5 Å². The van der Waals surface area contributed by atoms with Gasteiger partial charge in [0.25, 0.3) is 0 Å². The van der Waals surface area contributed by atoms with E-state index in [9.17, 15) is 0 Å². The van der Waals surface area contributed by atoms with Gasteiger partial charge in [0.05, 0.1) is 0 Å². The van der Waals surface area contributed by atoms with Crippen molar-refractivity contribution in [3.63, 3.8) is 0 Å². The summed E-state index contributed by atoms with van der Waals surface area (Å²) in [5.74, 6) is 2.35. The van der Waals surface area contributed by atoms with E-state index >= 15 is 0 Å². The molecule has 0 aliphatic heterocycles. The zero-order valence-electron chi connectivity index (χ0n) is 9.71. The highest BCUT2D eigenvalue weighted by Crippen LogP contribution is 2.33. The van der Waals surface area contributed by atoms with Gasteiger partial charge in [-0.2, -0.15) is 0 Å². The van der Waals surface area contributed by atoms with Crippen molar-refractivity contribution in [2.75, 3.05) is 5.73 Å². The lowest BCUT2D eigenvalue weighted by molar-refractivity contribution is 0.428. The molecule has 0 atom stereocenters. The van der Waals surface area contributed by atoms with Gasteiger partial charge in [-0.25, -0.2) is 9.97 Å². The van der Waals surface area contributed by atoms with Crippen molar-refractivity contribution >= 4 is 5.82 Å². The van der Waals surface area contributed by atoms with Gasteiger partial charge in [0.1, 0.15) is 11.6 Å². The largest absolute Gasteiger partial charge is 0.383 e. The van der Waals surface area contributed by atoms with Crippen LogP contribution in [-0.2, 0) is 12.8 Å². The Morgan fingerprint density at radius 3 is 2.56 bits per heavy atom. The molecule has 2 aliphatic rings. The van der Waals surface area contributed by atoms with Crippen LogP contribution in [0.2, 0.25) is 0 Å². The van der Waals surface area contributed by atoms with Crippen molar-refractivity contribution < 1.29 is 0 Å². The Morgan fingerprint density at radius 2 is 1.75 bits per heavy atom. The molecule has 0 unspecified atom stereocenters. The number of hydrogen-bond acceptors (Lipinski definition) is 3. The number of rotatable bonds is 1. The predicted octanol–water partition coefficient (Wildman–Crippen LogP) is 2.60. The zero-order valence-corrected chi connectivity index (χ0v) is 9.71. The number of hydrogen-bond donors (Lipinski definition) is 1. The predicted molar refractivity (Wildman–Crippen MR) is 64.3 cm³/mol. The minimum absolute atomic E-state index is 0.571. The molecule has 86 valence electrons. The lowest BCUT2D eigenvalue weighted by Crippen LogP contribution is -2.12. The van der Waals surface area contributed by atoms with Crippen LogP contribution in [0.15, 0.2) is 0 Å². The van der Waals surface area contributed by atoms with Crippen LogP contribution in [-0.4, -0.2) is 9.97 Å². The highest BCUT2D eigenvalue weighted by molar-refractivity contribution is 5.45. The summed E-state index contributed by atoms with van der Waals surface area (Å²) in [6.07, 6.45) is 9.89. The summed E-state index contributed by atoms with van der Waals surface area (Å²) < 4.78 is 0. The molecule has 0 amide bonds. The topological polar surface area (TPSA) is 51.8 Å². The number of aromatic nitrogens is 2. The fourth-order valence-electron chi connectivity index (χ4n) is 3.02. The molecule has 1 aromatic rings. The molecule has 3 nitrogen and oxygen atoms in total. The minimum atomic E-state index is 0.571. The van der Waals surface area contributed by atoms with Crippen LogP contribution in [0.4, 0.5) is 5.82 Å². The molecule has 0 saturated heterocycles. The van der Waals surface area contributed by atoms with Gasteiger partial charge in [-0.05, 0) is 32.1 Å². The first-order chi connectivity index (χ1) is 7.84. The third-order valence-corrected chi connectivity index (χ3v) is 3.95. The maximum atomic E-state index is 6.03. The number of nitrogens with two attached hydrogens (primary N) is 1. The van der Waals surface area contributed by atoms with Gasteiger partial charge in [0.15, 0.2) is 0 Å². The van der Waals surface area contributed by atoms with Gasteiger partial charge in [-0.1, -0.05) is 19.3 Å². The van der Waals surface area contributed by atoms with Crippen molar-refractivity contribution in [1.29, 1.82) is 0 Å². The molecular weight excluding hydrogens is 198 g/mol. The summed E-state index contributed by atoms with van der Waals surface area (Å²) in [6.45, 7) is 0. The maximum Gasteiger partial charge on any atom is 0.134 e. The number of fused-ring (bicyclic) bond motifs is 1. The van der Waals surface area contributed by atoms with Crippen molar-refractivity contribution in [1.82, 2.24) is 9.97 Å². The molecule has 2 aliphatic carbocycles. The summed E-state index contributed by atoms with van der Waals surface area (Å²) in [7, 11) is 0. The van der Waals surface area contributed by atoms with E-state index in [2.05, 4.69) is 4.98 Å². The lowest BCUT2D eigenvalue weighted by atomic mass is 9.88. The van der Waals surface area contributed by atoms with Gasteiger partial charge in [0, 0.05) is 17.2 Å². The molecule has 1 aromatic heterocycles. The van der Waals surface area contributed by atoms with Crippen LogP contribution in [0.1, 0.15) is 61.5 Å². The van der Waals surface area contributed by atoms with Crippen molar-refractivity contribution in [2.45, 2.75) is 57.3 Å². The quantitative estimate of drug-likeness (QED) is 0.786. The molecule has 3 heteroatoms. The zero-order chi connectivity index (χ0) is 11.0. The van der Waals surface area contributed by atoms with Crippen molar-refractivity contribution in [3.05, 3.63) is 17.1 Å². The highest BCUT2D eigenvalue weighted by Gasteiger charge is 2.23. The number of anilines is 1. The van der Waals surface area contributed by atoms with Crippen molar-refractivity contribution in [3.8, 4) is 0 Å². The third kappa shape index (κ3) is 1.68. The third-order valence-electron chi connectivity index (χ3n) is 3.95. The van der Waals surface area contributed by atoms with E-state index in [0.29, 0.717) is 5.92 Å². The SMILES string of the molecule is Nc1nc(C2CCCCC2)nc2c1CCC2. The van der Waals surface area contributed by atoms with Crippen LogP contribution in [0.25, 0.3) is 0 Å². The Morgan fingerprint density at radius 1 is 0.938 bits per heavy atom. The second-order valence-corrected chi connectivity index (χ2v) is 5.08. The molecule has 2 N–H and O–H groups in total. The molecular formula is C13H19N3. The van der Waals surface area contributed by atoms with E-state index in [1.165, 1.54) is 49.8 Å². The van der Waals surface area contributed by atoms with Gasteiger partial charge in [0.2, 0.25) is 0 Å². The van der Waals surface area contributed by atoms with E-state index in [1.54, 1.807) is 0 Å². The lowest BCUT2D eigenvalue weighted by Gasteiger charge is -2.21. The second-order valence-electron chi connectivity index (χ2n) is 5.08. The van der Waals surface area contributed by atoms with Crippen LogP contribution >= 0.6 is 0 Å². The second kappa shape index (κ2) is 4.04. The fraction of sp³-hybridized carbons (Fsp3) is 0.692. The van der Waals surface area contributed by atoms with Crippen LogP contribution in [0.5, 0.6) is 0 Å². The van der Waals surface area contributed by atoms with Crippen LogP contribution in [0.3, 0.4) is 0 Å². The van der Waals surface area contributed by atoms with Crippen LogP contribution < -0.4 is 5.73 Å². The van der Waals surface area contributed by atoms with E-state index in [4.69, 9.17) is 10.7 Å². The summed E-state index contributed by atoms with van der Waals surface area (Å²) in [5, 5.41) is 0. The molecule has 0 radical (unpaired) electrons. The number of nitrogens with zero attached hydrogens (tertiary/aromatic N) is 2. The summed E-state index contributed by atoms with van der Waals surface area (Å²) in [4.78, 5) is 9.28. The standard InChI is InChI=1S/C13H19N3/c14-12-10-7-4-8-11(10)15-13(16-12)9-5-2-1-3-6-9/h9H,1-8H2,(H2,14,15,16). The smallest absolute Gasteiger partial charge is 0.134 e. The van der Waals surface area contributed by atoms with E-state index in [1.807, 2.05) is 0 Å². The highest BCUT2D eigenvalue weighted by atomic mass is 15.0. The Bertz CT molecular complexity index is 394. The minimum Gasteiger partial charge on any atom is -0.383 e. The van der Waals surface area contributed by atoms with Gasteiger partial charge in [-0.3, -0.25) is 0 Å². The number of aryl methyl sites for hydroxylation is 1. The molecule has 0 aromatic carbocycles. The molecule has 1 fully saturated rings. The van der Waals surface area contributed by atoms with E-state index in [-0.39, 0.29) is 0 Å². The Kier molecular flexibility index (Phi) is 2.54. The van der Waals surface area contributed by atoms with Gasteiger partial charge in [-0.15, -0.1) is 0 Å². The summed E-state index contributed by atoms with van der Waals surface area (Å²) in [5.41, 5.74) is 8.48. The molecule has 1 saturated carbocycles. The number of nitrogen functional groups attached to an aromatic ring is 1. The van der Waals surface area contributed by atoms with Gasteiger partial charge < -0.3 is 5.73 Å². The monoisotopic (exact) mass is 217 g/mol. The molecule has 0 bridgehead atoms. The van der Waals surface area contributed by atoms with E-state index < -0.39 is 0 Å². The van der Waals surface area contributed by atoms with Gasteiger partial charge >= 0.3 is 0 Å². The molecule has 3 rings (SSSR count). The normalized spacial score (nSPS) is 21.0. The molecule has 16 heavy (non-hydrogen) atoms. The summed E-state index contributed by atoms with van der Waals surface area (Å²) in [6, 6.07) is 0. The first kappa shape index (κ1) is 10.1. The summed E-state index contributed by atoms with van der Waals surface area (Å²) >= 11 is 0. The average Bonchev–Trinajstić information content (AvgIpc) is 2.79. The maximum absolute atomic E-state index is 6.03. The fourth-order valence-corrected chi connectivity index (χ4v) is 3.02. The Labute approximate surface area is 96.5 Å². The van der Waals surface area contributed by atoms with Crippen molar-refractivity contribution in [2.24, 2.45) is 0 Å². The molecule has 0 spiro atoms. The first-order valence-electron chi connectivity index (χ1n) is 6.50. The first-order valence-corrected chi connectivity index (χ1v) is 6.50. The Hall–Kier alpha value is -1.12. The Balaban J connectivity index is 1.92.